The Morgan fingerprint density at radius 3 is 2.91 bits per heavy atom. The number of rotatable bonds is 5. The van der Waals surface area contributed by atoms with Crippen molar-refractivity contribution in [2.45, 2.75) is 44.3 Å². The first-order valence-corrected chi connectivity index (χ1v) is 8.03. The van der Waals surface area contributed by atoms with E-state index in [2.05, 4.69) is 16.1 Å². The zero-order valence-electron chi connectivity index (χ0n) is 12.7. The zero-order chi connectivity index (χ0) is 16.4. The highest BCUT2D eigenvalue weighted by molar-refractivity contribution is 6.31. The average molecular weight is 334 g/mol. The van der Waals surface area contributed by atoms with Gasteiger partial charge in [0.1, 0.15) is 5.82 Å². The summed E-state index contributed by atoms with van der Waals surface area (Å²) in [5.41, 5.74) is 1.29. The number of hydrogen-bond donors (Lipinski definition) is 0. The summed E-state index contributed by atoms with van der Waals surface area (Å²) in [5, 5.41) is 8.52. The molecule has 2 heterocycles. The van der Waals surface area contributed by atoms with Gasteiger partial charge in [0.15, 0.2) is 5.66 Å². The molecule has 2 aliphatic heterocycles. The lowest BCUT2D eigenvalue weighted by molar-refractivity contribution is -0.132. The van der Waals surface area contributed by atoms with Crippen LogP contribution in [0, 0.1) is 18.2 Å². The second-order valence-electron chi connectivity index (χ2n) is 5.98. The second-order valence-corrected chi connectivity index (χ2v) is 6.38. The van der Waals surface area contributed by atoms with Crippen LogP contribution in [-0.2, 0) is 17.8 Å². The van der Waals surface area contributed by atoms with Crippen LogP contribution in [0.4, 0.5) is 4.39 Å². The third-order valence-corrected chi connectivity index (χ3v) is 4.73. The van der Waals surface area contributed by atoms with Gasteiger partial charge in [0.25, 0.3) is 0 Å². The lowest BCUT2D eigenvalue weighted by Crippen LogP contribution is -2.36. The molecule has 0 N–H and O–H groups in total. The molecule has 0 atom stereocenters. The van der Waals surface area contributed by atoms with E-state index in [4.69, 9.17) is 18.0 Å². The fraction of sp³-hybridized carbons (Fsp3) is 0.471. The van der Waals surface area contributed by atoms with E-state index < -0.39 is 5.66 Å². The maximum atomic E-state index is 13.5. The molecular formula is C17H17ClFN3O. The van der Waals surface area contributed by atoms with Gasteiger partial charge in [-0.2, -0.15) is 10.2 Å². The fourth-order valence-corrected chi connectivity index (χ4v) is 3.28. The zero-order valence-corrected chi connectivity index (χ0v) is 13.4. The molecule has 0 aromatic heterocycles. The van der Waals surface area contributed by atoms with Crippen molar-refractivity contribution in [1.29, 1.82) is 0 Å². The Bertz CT molecular complexity index is 705. The predicted molar refractivity (Wildman–Crippen MR) is 85.4 cm³/mol. The summed E-state index contributed by atoms with van der Waals surface area (Å²) < 4.78 is 13.5. The Labute approximate surface area is 139 Å². The molecule has 0 spiro atoms. The standard InChI is InChI=1S/C17H17ClFN3O/c1-2-3-6-17(20-21-17)7-4-16(23)22-8-5-14-12(11-22)9-13(19)10-15(14)18/h1,9-10H,3-8,11H2. The van der Waals surface area contributed by atoms with Crippen molar-refractivity contribution in [3.8, 4) is 12.3 Å². The fourth-order valence-electron chi connectivity index (χ4n) is 2.96. The monoisotopic (exact) mass is 333 g/mol. The van der Waals surface area contributed by atoms with E-state index in [1.54, 1.807) is 4.90 Å². The molecule has 0 saturated carbocycles. The summed E-state index contributed by atoms with van der Waals surface area (Å²) >= 11 is 6.07. The van der Waals surface area contributed by atoms with Crippen LogP contribution >= 0.6 is 11.6 Å². The number of amides is 1. The van der Waals surface area contributed by atoms with Crippen LogP contribution in [0.15, 0.2) is 22.4 Å². The summed E-state index contributed by atoms with van der Waals surface area (Å²) in [6.45, 7) is 1.00. The SMILES string of the molecule is C#CCCC1(CCC(=O)N2CCc3c(Cl)cc(F)cc3C2)N=N1. The smallest absolute Gasteiger partial charge is 0.223 e. The lowest BCUT2D eigenvalue weighted by atomic mass is 9.98. The Kier molecular flexibility index (Phi) is 4.36. The van der Waals surface area contributed by atoms with Crippen molar-refractivity contribution >= 4 is 17.5 Å². The maximum Gasteiger partial charge on any atom is 0.223 e. The molecule has 0 bridgehead atoms. The van der Waals surface area contributed by atoms with E-state index in [1.165, 1.54) is 12.1 Å². The molecule has 0 aliphatic carbocycles. The van der Waals surface area contributed by atoms with Gasteiger partial charge in [-0.25, -0.2) is 4.39 Å². The van der Waals surface area contributed by atoms with Gasteiger partial charge >= 0.3 is 0 Å². The van der Waals surface area contributed by atoms with Gasteiger partial charge in [0.2, 0.25) is 5.91 Å². The van der Waals surface area contributed by atoms with Crippen LogP contribution in [0.2, 0.25) is 5.02 Å². The van der Waals surface area contributed by atoms with Gasteiger partial charge in [-0.15, -0.1) is 12.3 Å². The lowest BCUT2D eigenvalue weighted by Gasteiger charge is -2.29. The average Bonchev–Trinajstić information content (AvgIpc) is 3.30. The number of fused-ring (bicyclic) bond motifs is 1. The van der Waals surface area contributed by atoms with Crippen LogP contribution in [0.1, 0.15) is 36.8 Å². The first-order chi connectivity index (χ1) is 11.0. The van der Waals surface area contributed by atoms with Crippen LogP contribution < -0.4 is 0 Å². The molecule has 1 aromatic rings. The molecule has 2 aliphatic rings. The van der Waals surface area contributed by atoms with Gasteiger partial charge < -0.3 is 4.90 Å². The second kappa shape index (κ2) is 6.29. The molecule has 0 radical (unpaired) electrons. The third-order valence-electron chi connectivity index (χ3n) is 4.39. The van der Waals surface area contributed by atoms with Gasteiger partial charge in [-0.1, -0.05) is 11.6 Å². The Balaban J connectivity index is 1.58. The van der Waals surface area contributed by atoms with Crippen LogP contribution in [0.25, 0.3) is 0 Å². The molecular weight excluding hydrogens is 317 g/mol. The summed E-state index contributed by atoms with van der Waals surface area (Å²) in [7, 11) is 0. The molecule has 120 valence electrons. The van der Waals surface area contributed by atoms with Crippen molar-refractivity contribution in [2.24, 2.45) is 10.2 Å². The molecule has 4 nitrogen and oxygen atoms in total. The van der Waals surface area contributed by atoms with Crippen molar-refractivity contribution in [3.63, 3.8) is 0 Å². The Morgan fingerprint density at radius 2 is 2.22 bits per heavy atom. The van der Waals surface area contributed by atoms with Gasteiger partial charge in [0, 0.05) is 43.8 Å². The number of nitrogens with zero attached hydrogens (tertiary/aromatic N) is 3. The van der Waals surface area contributed by atoms with E-state index in [0.717, 1.165) is 11.1 Å². The minimum Gasteiger partial charge on any atom is -0.338 e. The van der Waals surface area contributed by atoms with E-state index in [9.17, 15) is 9.18 Å². The van der Waals surface area contributed by atoms with Crippen LogP contribution in [-0.4, -0.2) is 23.0 Å². The molecule has 0 saturated heterocycles. The summed E-state index contributed by atoms with van der Waals surface area (Å²) in [5.74, 6) is 2.24. The molecule has 1 amide bonds. The topological polar surface area (TPSA) is 45.0 Å². The molecule has 0 fully saturated rings. The van der Waals surface area contributed by atoms with E-state index in [-0.39, 0.29) is 11.7 Å². The number of terminal acetylenes is 1. The van der Waals surface area contributed by atoms with E-state index in [1.807, 2.05) is 0 Å². The summed E-state index contributed by atoms with van der Waals surface area (Å²) in [6, 6.07) is 2.78. The van der Waals surface area contributed by atoms with Crippen molar-refractivity contribution in [1.82, 2.24) is 4.90 Å². The molecule has 0 unspecified atom stereocenters. The number of carbonyl (C=O) groups excluding carboxylic acids is 1. The number of halogens is 2. The van der Waals surface area contributed by atoms with Crippen molar-refractivity contribution in [3.05, 3.63) is 34.1 Å². The summed E-state index contributed by atoms with van der Waals surface area (Å²) in [6.07, 6.45) is 8.16. The van der Waals surface area contributed by atoms with Crippen molar-refractivity contribution < 1.29 is 9.18 Å². The quantitative estimate of drug-likeness (QED) is 0.757. The Hall–Kier alpha value is -1.93. The van der Waals surface area contributed by atoms with Crippen LogP contribution in [0.5, 0.6) is 0 Å². The van der Waals surface area contributed by atoms with E-state index in [0.29, 0.717) is 50.2 Å². The first-order valence-electron chi connectivity index (χ1n) is 7.65. The Morgan fingerprint density at radius 1 is 1.43 bits per heavy atom. The molecule has 23 heavy (non-hydrogen) atoms. The number of carbonyl (C=O) groups is 1. The highest BCUT2D eigenvalue weighted by atomic mass is 35.5. The predicted octanol–water partition coefficient (Wildman–Crippen LogP) is 3.72. The minimum absolute atomic E-state index is 0.0356. The number of benzene rings is 1. The van der Waals surface area contributed by atoms with Gasteiger partial charge in [0.05, 0.1) is 0 Å². The van der Waals surface area contributed by atoms with E-state index >= 15 is 0 Å². The highest BCUT2D eigenvalue weighted by Gasteiger charge is 2.39. The normalized spacial score (nSPS) is 17.5. The molecule has 6 heteroatoms. The summed E-state index contributed by atoms with van der Waals surface area (Å²) in [4.78, 5) is 14.1. The van der Waals surface area contributed by atoms with Gasteiger partial charge in [-0.05, 0) is 29.7 Å². The molecule has 1 aromatic carbocycles. The highest BCUT2D eigenvalue weighted by Crippen LogP contribution is 2.38. The molecule has 3 rings (SSSR count). The maximum absolute atomic E-state index is 13.5. The third kappa shape index (κ3) is 3.53. The number of hydrogen-bond acceptors (Lipinski definition) is 3. The van der Waals surface area contributed by atoms with Crippen LogP contribution in [0.3, 0.4) is 0 Å². The minimum atomic E-state index is -0.439. The largest absolute Gasteiger partial charge is 0.338 e. The van der Waals surface area contributed by atoms with Crippen molar-refractivity contribution in [2.75, 3.05) is 6.54 Å². The first kappa shape index (κ1) is 15.9. The van der Waals surface area contributed by atoms with Gasteiger partial charge in [-0.3, -0.25) is 4.79 Å².